The Balaban J connectivity index is 1.98. The second-order valence-electron chi connectivity index (χ2n) is 4.07. The quantitative estimate of drug-likeness (QED) is 0.915. The van der Waals surface area contributed by atoms with E-state index in [9.17, 15) is 5.11 Å². The van der Waals surface area contributed by atoms with E-state index < -0.39 is 0 Å². The molecule has 1 N–H and O–H groups in total. The van der Waals surface area contributed by atoms with E-state index in [1.807, 2.05) is 12.1 Å². The summed E-state index contributed by atoms with van der Waals surface area (Å²) in [6, 6.07) is 4.00. The van der Waals surface area contributed by atoms with Gasteiger partial charge in [-0.05, 0) is 34.5 Å². The molecule has 1 aliphatic rings. The molecule has 1 aromatic heterocycles. The van der Waals surface area contributed by atoms with Crippen molar-refractivity contribution in [1.29, 1.82) is 0 Å². The van der Waals surface area contributed by atoms with Crippen molar-refractivity contribution in [3.63, 3.8) is 0 Å². The van der Waals surface area contributed by atoms with Gasteiger partial charge in [-0.15, -0.1) is 0 Å². The zero-order chi connectivity index (χ0) is 11.5. The van der Waals surface area contributed by atoms with Gasteiger partial charge < -0.3 is 14.3 Å². The molecule has 0 spiro atoms. The van der Waals surface area contributed by atoms with Crippen molar-refractivity contribution in [2.45, 2.75) is 25.1 Å². The molecule has 0 unspecified atom stereocenters. The van der Waals surface area contributed by atoms with Gasteiger partial charge in [-0.2, -0.15) is 0 Å². The number of rotatable bonds is 4. The molecule has 90 valence electrons. The molecule has 1 fully saturated rings. The molecule has 0 aromatic carbocycles. The number of nitrogens with zero attached hydrogens (tertiary/aromatic N) is 1. The van der Waals surface area contributed by atoms with E-state index in [1.54, 1.807) is 7.11 Å². The monoisotopic (exact) mass is 289 g/mol. The molecule has 0 bridgehead atoms. The van der Waals surface area contributed by atoms with E-state index >= 15 is 0 Å². The molecule has 1 aromatic rings. The van der Waals surface area contributed by atoms with Crippen molar-refractivity contribution in [3.8, 4) is 0 Å². The van der Waals surface area contributed by atoms with E-state index in [2.05, 4.69) is 20.8 Å². The van der Waals surface area contributed by atoms with Crippen LogP contribution in [0.2, 0.25) is 0 Å². The average molecular weight is 290 g/mol. The molecule has 0 saturated carbocycles. The number of furan rings is 1. The van der Waals surface area contributed by atoms with Gasteiger partial charge in [0, 0.05) is 19.7 Å². The minimum atomic E-state index is 0.168. The summed E-state index contributed by atoms with van der Waals surface area (Å²) in [6.45, 7) is 1.73. The van der Waals surface area contributed by atoms with Crippen LogP contribution in [0.25, 0.3) is 0 Å². The van der Waals surface area contributed by atoms with Gasteiger partial charge >= 0.3 is 0 Å². The number of hydrogen-bond acceptors (Lipinski definition) is 4. The third-order valence-corrected chi connectivity index (χ3v) is 3.45. The molecule has 0 aliphatic carbocycles. The summed E-state index contributed by atoms with van der Waals surface area (Å²) in [6.07, 6.45) is 1.10. The summed E-state index contributed by atoms with van der Waals surface area (Å²) in [4.78, 5) is 2.19. The van der Waals surface area contributed by atoms with Gasteiger partial charge in [-0.3, -0.25) is 4.90 Å². The fraction of sp³-hybridized carbons (Fsp3) is 0.636. The van der Waals surface area contributed by atoms with Crippen LogP contribution in [0.1, 0.15) is 12.2 Å². The molecule has 5 heteroatoms. The fourth-order valence-corrected chi connectivity index (χ4v) is 2.47. The van der Waals surface area contributed by atoms with Crippen LogP contribution in [0.4, 0.5) is 0 Å². The van der Waals surface area contributed by atoms with Gasteiger partial charge in [0.1, 0.15) is 5.76 Å². The number of halogens is 1. The third-order valence-electron chi connectivity index (χ3n) is 3.02. The number of hydrogen-bond donors (Lipinski definition) is 1. The molecule has 1 aliphatic heterocycles. The Hall–Kier alpha value is -0.360. The summed E-state index contributed by atoms with van der Waals surface area (Å²) in [5.41, 5.74) is 0. The van der Waals surface area contributed by atoms with Gasteiger partial charge in [0.05, 0.1) is 19.3 Å². The highest BCUT2D eigenvalue weighted by molar-refractivity contribution is 9.10. The van der Waals surface area contributed by atoms with Crippen LogP contribution in [-0.2, 0) is 11.3 Å². The second kappa shape index (κ2) is 5.31. The van der Waals surface area contributed by atoms with Crippen molar-refractivity contribution >= 4 is 15.9 Å². The zero-order valence-electron chi connectivity index (χ0n) is 9.23. The molecular weight excluding hydrogens is 274 g/mol. The fourth-order valence-electron chi connectivity index (χ4n) is 2.13. The SMILES string of the molecule is CO[C@H]1C[C@@H](CO)N(Cc2ccc(Br)o2)C1. The molecular formula is C11H16BrNO3. The Morgan fingerprint density at radius 2 is 2.44 bits per heavy atom. The molecule has 0 amide bonds. The van der Waals surface area contributed by atoms with Gasteiger partial charge in [0.2, 0.25) is 0 Å². The highest BCUT2D eigenvalue weighted by atomic mass is 79.9. The number of methoxy groups -OCH3 is 1. The van der Waals surface area contributed by atoms with E-state index in [4.69, 9.17) is 9.15 Å². The lowest BCUT2D eigenvalue weighted by Gasteiger charge is -2.20. The Bertz CT molecular complexity index is 342. The highest BCUT2D eigenvalue weighted by Gasteiger charge is 2.31. The van der Waals surface area contributed by atoms with Crippen LogP contribution in [-0.4, -0.2) is 42.4 Å². The molecule has 4 nitrogen and oxygen atoms in total. The number of ether oxygens (including phenoxy) is 1. The molecule has 0 radical (unpaired) electrons. The van der Waals surface area contributed by atoms with Crippen molar-refractivity contribution in [3.05, 3.63) is 22.6 Å². The first-order chi connectivity index (χ1) is 7.72. The Kier molecular flexibility index (Phi) is 4.02. The van der Waals surface area contributed by atoms with E-state index in [-0.39, 0.29) is 18.8 Å². The maximum atomic E-state index is 9.30. The van der Waals surface area contributed by atoms with Crippen LogP contribution in [0.15, 0.2) is 21.2 Å². The Morgan fingerprint density at radius 3 is 3.00 bits per heavy atom. The second-order valence-corrected chi connectivity index (χ2v) is 4.85. The first-order valence-corrected chi connectivity index (χ1v) is 6.14. The maximum absolute atomic E-state index is 9.30. The van der Waals surface area contributed by atoms with Crippen molar-refractivity contribution in [2.75, 3.05) is 20.3 Å². The van der Waals surface area contributed by atoms with E-state index in [0.29, 0.717) is 0 Å². The maximum Gasteiger partial charge on any atom is 0.169 e. The third kappa shape index (κ3) is 2.66. The lowest BCUT2D eigenvalue weighted by atomic mass is 10.2. The predicted octanol–water partition coefficient (Wildman–Crippen LogP) is 1.62. The number of aliphatic hydroxyl groups is 1. The largest absolute Gasteiger partial charge is 0.453 e. The average Bonchev–Trinajstić information content (AvgIpc) is 2.85. The molecule has 1 saturated heterocycles. The highest BCUT2D eigenvalue weighted by Crippen LogP contribution is 2.23. The Morgan fingerprint density at radius 1 is 1.62 bits per heavy atom. The lowest BCUT2D eigenvalue weighted by Crippen LogP contribution is -2.31. The number of aliphatic hydroxyl groups excluding tert-OH is 1. The smallest absolute Gasteiger partial charge is 0.169 e. The summed E-state index contributed by atoms with van der Waals surface area (Å²) < 4.78 is 11.5. The normalized spacial score (nSPS) is 26.4. The summed E-state index contributed by atoms with van der Waals surface area (Å²) in [5, 5.41) is 9.30. The first-order valence-electron chi connectivity index (χ1n) is 5.35. The molecule has 16 heavy (non-hydrogen) atoms. The standard InChI is InChI=1S/C11H16BrNO3/c1-15-10-4-8(7-14)13(6-10)5-9-2-3-11(12)16-9/h2-3,8,10,14H,4-7H2,1H3/t8-,10-/m0/s1. The molecule has 2 atom stereocenters. The van der Waals surface area contributed by atoms with E-state index in [1.165, 1.54) is 0 Å². The topological polar surface area (TPSA) is 45.8 Å². The van der Waals surface area contributed by atoms with Gasteiger partial charge in [0.15, 0.2) is 4.67 Å². The zero-order valence-corrected chi connectivity index (χ0v) is 10.8. The van der Waals surface area contributed by atoms with Gasteiger partial charge in [-0.25, -0.2) is 0 Å². The van der Waals surface area contributed by atoms with Crippen LogP contribution < -0.4 is 0 Å². The van der Waals surface area contributed by atoms with Gasteiger partial charge in [0.25, 0.3) is 0 Å². The van der Waals surface area contributed by atoms with Crippen LogP contribution in [0.3, 0.4) is 0 Å². The van der Waals surface area contributed by atoms with Crippen molar-refractivity contribution in [2.24, 2.45) is 0 Å². The number of likely N-dealkylation sites (tertiary alicyclic amines) is 1. The van der Waals surface area contributed by atoms with Crippen molar-refractivity contribution < 1.29 is 14.3 Å². The van der Waals surface area contributed by atoms with Crippen LogP contribution in [0.5, 0.6) is 0 Å². The predicted molar refractivity (Wildman–Crippen MR) is 63.1 cm³/mol. The van der Waals surface area contributed by atoms with Crippen molar-refractivity contribution in [1.82, 2.24) is 4.90 Å². The van der Waals surface area contributed by atoms with Crippen LogP contribution >= 0.6 is 15.9 Å². The molecule has 2 rings (SSSR count). The Labute approximate surface area is 103 Å². The lowest BCUT2D eigenvalue weighted by molar-refractivity contribution is 0.105. The summed E-state index contributed by atoms with van der Waals surface area (Å²) in [5.74, 6) is 0.905. The summed E-state index contributed by atoms with van der Waals surface area (Å²) in [7, 11) is 1.71. The van der Waals surface area contributed by atoms with Gasteiger partial charge in [-0.1, -0.05) is 0 Å². The van der Waals surface area contributed by atoms with E-state index in [0.717, 1.165) is 29.9 Å². The summed E-state index contributed by atoms with van der Waals surface area (Å²) >= 11 is 3.28. The first kappa shape index (κ1) is 12.1. The minimum absolute atomic E-state index is 0.168. The molecule has 2 heterocycles. The minimum Gasteiger partial charge on any atom is -0.453 e. The van der Waals surface area contributed by atoms with Crippen LogP contribution in [0, 0.1) is 0 Å².